The van der Waals surface area contributed by atoms with Crippen LogP contribution in [0.3, 0.4) is 0 Å². The summed E-state index contributed by atoms with van der Waals surface area (Å²) in [6, 6.07) is 0.223. The Bertz CT molecular complexity index is 1400. The van der Waals surface area contributed by atoms with Crippen LogP contribution in [0, 0.1) is 0 Å². The van der Waals surface area contributed by atoms with Crippen LogP contribution in [0.4, 0.5) is 55.9 Å². The number of anilines is 2. The van der Waals surface area contributed by atoms with Crippen LogP contribution >= 0.6 is 0 Å². The molecule has 222 valence electrons. The molecule has 0 spiro atoms. The van der Waals surface area contributed by atoms with Crippen molar-refractivity contribution >= 4 is 17.7 Å². The number of nitrogens with zero attached hydrogens (tertiary/aromatic N) is 7. The van der Waals surface area contributed by atoms with Crippen molar-refractivity contribution in [2.45, 2.75) is 56.9 Å². The smallest absolute Gasteiger partial charge is 0.433 e. The van der Waals surface area contributed by atoms with E-state index in [0.29, 0.717) is 18.2 Å². The second kappa shape index (κ2) is 10.4. The molecule has 1 aliphatic heterocycles. The Balaban J connectivity index is 1.93. The van der Waals surface area contributed by atoms with E-state index in [0.717, 1.165) is 20.7 Å². The van der Waals surface area contributed by atoms with Gasteiger partial charge in [-0.25, -0.2) is 9.78 Å². The number of amides is 1. The number of aromatic nitrogens is 5. The monoisotopic (exact) mass is 597 g/mol. The number of alkyl halides is 9. The maximum Gasteiger partial charge on any atom is 0.433 e. The minimum Gasteiger partial charge on any atom is -0.465 e. The van der Waals surface area contributed by atoms with Gasteiger partial charge in [-0.1, -0.05) is 12.0 Å². The number of rotatable bonds is 5. The SMILES string of the molecule is CC[C@@H]1C[C@H](N(Cc2cc(C(F)(F)F)cc(C(F)(F)F)c2)c2nnn(C)n2)c2nc(C(F)(F)F)ccc2N1C(=O)O. The van der Waals surface area contributed by atoms with Crippen molar-refractivity contribution in [1.29, 1.82) is 0 Å². The second-order valence-electron chi connectivity index (χ2n) is 9.19. The molecule has 9 nitrogen and oxygen atoms in total. The molecular weight excluding hydrogens is 577 g/mol. The predicted octanol–water partition coefficient (Wildman–Crippen LogP) is 6.08. The third-order valence-corrected chi connectivity index (χ3v) is 6.44. The van der Waals surface area contributed by atoms with Crippen LogP contribution in [0.2, 0.25) is 0 Å². The number of pyridine rings is 1. The normalized spacial score (nSPS) is 17.9. The third kappa shape index (κ3) is 6.14. The number of hydrogen-bond donors (Lipinski definition) is 1. The summed E-state index contributed by atoms with van der Waals surface area (Å²) in [4.78, 5) is 18.6. The standard InChI is InChI=1S/C23H20F9N7O2/c1-3-14-9-16(18-15(39(14)20(40)41)4-5-17(33-18)23(30,31)32)38(19-34-36-37(2)35-19)10-11-6-12(21(24,25)26)8-13(7-11)22(27,28)29/h4-8,14,16H,3,9-10H2,1-2H3,(H,40,41)/t14-,16+/m1/s1. The fourth-order valence-corrected chi connectivity index (χ4v) is 4.65. The van der Waals surface area contributed by atoms with Gasteiger partial charge in [-0.05, 0) is 54.0 Å². The summed E-state index contributed by atoms with van der Waals surface area (Å²) in [6.45, 7) is 0.859. The quantitative estimate of drug-likeness (QED) is 0.356. The average Bonchev–Trinajstić information content (AvgIpc) is 3.30. The Labute approximate surface area is 225 Å². The molecule has 2 atom stereocenters. The van der Waals surface area contributed by atoms with Crippen LogP contribution in [-0.2, 0) is 32.1 Å². The van der Waals surface area contributed by atoms with E-state index in [-0.39, 0.29) is 30.5 Å². The van der Waals surface area contributed by atoms with E-state index in [2.05, 4.69) is 20.4 Å². The summed E-state index contributed by atoms with van der Waals surface area (Å²) in [5.41, 5.74) is -5.75. The minimum absolute atomic E-state index is 0.0562. The minimum atomic E-state index is -5.15. The molecule has 18 heteroatoms. The second-order valence-corrected chi connectivity index (χ2v) is 9.19. The number of aryl methyl sites for hydroxylation is 1. The van der Waals surface area contributed by atoms with Crippen molar-refractivity contribution in [2.75, 3.05) is 9.80 Å². The molecule has 1 aliphatic rings. The summed E-state index contributed by atoms with van der Waals surface area (Å²) < 4.78 is 122. The molecule has 0 bridgehead atoms. The average molecular weight is 597 g/mol. The van der Waals surface area contributed by atoms with Gasteiger partial charge < -0.3 is 10.0 Å². The number of carbonyl (C=O) groups is 1. The molecule has 0 saturated heterocycles. The number of hydrogen-bond acceptors (Lipinski definition) is 6. The first-order valence-electron chi connectivity index (χ1n) is 11.8. The van der Waals surface area contributed by atoms with Gasteiger partial charge in [-0.2, -0.15) is 44.3 Å². The zero-order chi connectivity index (χ0) is 30.5. The van der Waals surface area contributed by atoms with Crippen molar-refractivity contribution in [3.63, 3.8) is 0 Å². The molecule has 1 amide bonds. The summed E-state index contributed by atoms with van der Waals surface area (Å²) in [6.07, 6.45) is -16.8. The summed E-state index contributed by atoms with van der Waals surface area (Å²) >= 11 is 0. The van der Waals surface area contributed by atoms with Gasteiger partial charge in [0.1, 0.15) is 5.69 Å². The Kier molecular flexibility index (Phi) is 7.55. The van der Waals surface area contributed by atoms with Gasteiger partial charge in [-0.15, -0.1) is 5.10 Å². The lowest BCUT2D eigenvalue weighted by Gasteiger charge is -2.42. The first-order valence-corrected chi connectivity index (χ1v) is 11.8. The fraction of sp³-hybridized carbons (Fsp3) is 0.435. The van der Waals surface area contributed by atoms with E-state index >= 15 is 0 Å². The number of benzene rings is 1. The summed E-state index contributed by atoms with van der Waals surface area (Å²) in [5, 5.41) is 21.2. The van der Waals surface area contributed by atoms with Crippen molar-refractivity contribution in [1.82, 2.24) is 25.2 Å². The molecule has 0 radical (unpaired) electrons. The highest BCUT2D eigenvalue weighted by molar-refractivity contribution is 5.88. The van der Waals surface area contributed by atoms with E-state index in [4.69, 9.17) is 0 Å². The van der Waals surface area contributed by atoms with Crippen molar-refractivity contribution in [3.8, 4) is 0 Å². The Morgan fingerprint density at radius 3 is 2.07 bits per heavy atom. The summed E-state index contributed by atoms with van der Waals surface area (Å²) in [5.74, 6) is -0.340. The fourth-order valence-electron chi connectivity index (χ4n) is 4.65. The summed E-state index contributed by atoms with van der Waals surface area (Å²) in [7, 11) is 1.32. The molecule has 0 aliphatic carbocycles. The Morgan fingerprint density at radius 1 is 1.00 bits per heavy atom. The number of tetrazole rings is 1. The maximum absolute atomic E-state index is 13.6. The third-order valence-electron chi connectivity index (χ3n) is 6.44. The maximum atomic E-state index is 13.6. The van der Waals surface area contributed by atoms with Crippen LogP contribution in [-0.4, -0.2) is 42.4 Å². The van der Waals surface area contributed by atoms with Crippen molar-refractivity contribution in [2.24, 2.45) is 7.05 Å². The van der Waals surface area contributed by atoms with E-state index < -0.39 is 71.3 Å². The lowest BCUT2D eigenvalue weighted by atomic mass is 9.91. The molecule has 3 heterocycles. The lowest BCUT2D eigenvalue weighted by molar-refractivity contribution is -0.143. The van der Waals surface area contributed by atoms with Gasteiger partial charge in [0.05, 0.1) is 35.6 Å². The van der Waals surface area contributed by atoms with Gasteiger partial charge in [0.2, 0.25) is 0 Å². The van der Waals surface area contributed by atoms with Gasteiger partial charge in [0.15, 0.2) is 0 Å². The van der Waals surface area contributed by atoms with Gasteiger partial charge in [-0.3, -0.25) is 4.90 Å². The Hall–Kier alpha value is -4.12. The van der Waals surface area contributed by atoms with Crippen LogP contribution in [0.5, 0.6) is 0 Å². The molecule has 1 N–H and O–H groups in total. The highest BCUT2D eigenvalue weighted by atomic mass is 19.4. The van der Waals surface area contributed by atoms with Crippen LogP contribution in [0.1, 0.15) is 53.9 Å². The van der Waals surface area contributed by atoms with Crippen LogP contribution in [0.25, 0.3) is 0 Å². The number of halogens is 9. The molecule has 0 fully saturated rings. The van der Waals surface area contributed by atoms with Gasteiger partial charge in [0.25, 0.3) is 5.95 Å². The predicted molar refractivity (Wildman–Crippen MR) is 123 cm³/mol. The van der Waals surface area contributed by atoms with Crippen molar-refractivity contribution in [3.05, 3.63) is 58.4 Å². The first kappa shape index (κ1) is 29.9. The highest BCUT2D eigenvalue weighted by Gasteiger charge is 2.43. The first-order chi connectivity index (χ1) is 18.9. The number of carboxylic acid groups (broad SMARTS) is 1. The molecular formula is C23H20F9N7O2. The largest absolute Gasteiger partial charge is 0.465 e. The number of fused-ring (bicyclic) bond motifs is 1. The molecule has 4 rings (SSSR count). The molecule has 0 unspecified atom stereocenters. The highest BCUT2D eigenvalue weighted by Crippen LogP contribution is 2.44. The zero-order valence-corrected chi connectivity index (χ0v) is 21.1. The topological polar surface area (TPSA) is 100 Å². The van der Waals surface area contributed by atoms with Crippen LogP contribution < -0.4 is 9.80 Å². The van der Waals surface area contributed by atoms with Crippen LogP contribution in [0.15, 0.2) is 30.3 Å². The van der Waals surface area contributed by atoms with Gasteiger partial charge >= 0.3 is 24.6 Å². The van der Waals surface area contributed by atoms with E-state index in [1.54, 1.807) is 6.92 Å². The lowest BCUT2D eigenvalue weighted by Crippen LogP contribution is -2.47. The molecule has 1 aromatic carbocycles. The van der Waals surface area contributed by atoms with Gasteiger partial charge in [0, 0.05) is 12.6 Å². The molecule has 2 aromatic heterocycles. The van der Waals surface area contributed by atoms with E-state index in [9.17, 15) is 49.4 Å². The van der Waals surface area contributed by atoms with E-state index in [1.165, 1.54) is 7.05 Å². The molecule has 3 aromatic rings. The zero-order valence-electron chi connectivity index (χ0n) is 21.1. The van der Waals surface area contributed by atoms with E-state index in [1.807, 2.05) is 0 Å². The van der Waals surface area contributed by atoms with Crippen molar-refractivity contribution < 1.29 is 49.4 Å². The Morgan fingerprint density at radius 2 is 1.61 bits per heavy atom. The molecule has 41 heavy (non-hydrogen) atoms. The molecule has 0 saturated carbocycles.